The SMILES string of the molecule is CC/C=C/C/C=C/CCCCCCCCCCCCCCCCC(=O)OCC(COCCC(C(=O)O)[N+](C)(C)C)OC(=O)CCCCCCCCC/C=C/CCCCCCCCCC. The van der Waals surface area contributed by atoms with E-state index < -0.39 is 18.1 Å². The van der Waals surface area contributed by atoms with Crippen LogP contribution in [0.1, 0.15) is 251 Å². The van der Waals surface area contributed by atoms with Gasteiger partial charge in [0, 0.05) is 19.3 Å². The van der Waals surface area contributed by atoms with E-state index in [1.54, 1.807) is 0 Å². The fourth-order valence-corrected chi connectivity index (χ4v) is 8.13. The number of carboxylic acid groups (broad SMARTS) is 1. The van der Waals surface area contributed by atoms with Crippen molar-refractivity contribution in [2.24, 2.45) is 0 Å². The van der Waals surface area contributed by atoms with Gasteiger partial charge in [0.1, 0.15) is 6.61 Å². The van der Waals surface area contributed by atoms with Crippen LogP contribution in [0.5, 0.6) is 0 Å². The number of ether oxygens (including phenoxy) is 3. The van der Waals surface area contributed by atoms with Crippen LogP contribution in [0, 0.1) is 0 Å². The summed E-state index contributed by atoms with van der Waals surface area (Å²) in [5, 5.41) is 9.66. The molecule has 2 unspecified atom stereocenters. The minimum absolute atomic E-state index is 0.0499. The second kappa shape index (κ2) is 47.1. The Morgan fingerprint density at radius 2 is 0.875 bits per heavy atom. The van der Waals surface area contributed by atoms with E-state index >= 15 is 0 Å². The molecule has 374 valence electrons. The lowest BCUT2D eigenvalue weighted by Gasteiger charge is -2.31. The van der Waals surface area contributed by atoms with Crippen molar-refractivity contribution < 1.29 is 38.2 Å². The molecule has 0 saturated carbocycles. The Balaban J connectivity index is 4.19. The van der Waals surface area contributed by atoms with Crippen LogP contribution in [0.4, 0.5) is 0 Å². The van der Waals surface area contributed by atoms with Gasteiger partial charge in [-0.25, -0.2) is 4.79 Å². The number of carbonyl (C=O) groups excluding carboxylic acids is 2. The molecule has 0 saturated heterocycles. The highest BCUT2D eigenvalue weighted by atomic mass is 16.6. The molecular formula is C56H104NO7+. The summed E-state index contributed by atoms with van der Waals surface area (Å²) in [6.45, 7) is 4.67. The minimum atomic E-state index is -0.873. The summed E-state index contributed by atoms with van der Waals surface area (Å²) < 4.78 is 17.4. The summed E-state index contributed by atoms with van der Waals surface area (Å²) in [6.07, 6.45) is 56.3. The number of allylic oxidation sites excluding steroid dienone is 6. The monoisotopic (exact) mass is 903 g/mol. The van der Waals surface area contributed by atoms with E-state index in [1.165, 1.54) is 167 Å². The van der Waals surface area contributed by atoms with Gasteiger partial charge in [-0.15, -0.1) is 0 Å². The molecule has 0 heterocycles. The van der Waals surface area contributed by atoms with E-state index in [0.717, 1.165) is 51.4 Å². The number of carbonyl (C=O) groups is 3. The van der Waals surface area contributed by atoms with E-state index in [2.05, 4.69) is 50.3 Å². The van der Waals surface area contributed by atoms with Crippen LogP contribution in [0.15, 0.2) is 36.5 Å². The smallest absolute Gasteiger partial charge is 0.362 e. The van der Waals surface area contributed by atoms with Gasteiger partial charge >= 0.3 is 17.9 Å². The standard InChI is InChI=1S/C56H103NO7/c1-6-8-10-12-14-16-18-20-22-24-26-27-29-30-32-34-36-38-40-42-44-46-54(58)63-51-52(50-62-49-48-53(56(60)61)57(3,4)5)64-55(59)47-45-43-41-39-37-35-33-31-28-25-23-21-19-17-15-13-11-9-7-2/h8,10,14,16,25,28,52-53H,6-7,9,11-13,15,17-24,26-27,29-51H2,1-5H3/p+1/b10-8+,16-14+,28-25+. The Labute approximate surface area is 395 Å². The second-order valence-corrected chi connectivity index (χ2v) is 19.5. The zero-order chi connectivity index (χ0) is 47.0. The molecular weight excluding hydrogens is 799 g/mol. The van der Waals surface area contributed by atoms with Crippen LogP contribution in [0.25, 0.3) is 0 Å². The van der Waals surface area contributed by atoms with Gasteiger partial charge in [-0.1, -0.05) is 204 Å². The van der Waals surface area contributed by atoms with Crippen LogP contribution in [-0.2, 0) is 28.6 Å². The first-order valence-corrected chi connectivity index (χ1v) is 27.0. The number of rotatable bonds is 49. The largest absolute Gasteiger partial charge is 0.477 e. The average molecular weight is 903 g/mol. The van der Waals surface area contributed by atoms with E-state index in [1.807, 2.05) is 21.1 Å². The van der Waals surface area contributed by atoms with E-state index in [9.17, 15) is 19.5 Å². The number of esters is 2. The Kier molecular flexibility index (Phi) is 45.3. The summed E-state index contributed by atoms with van der Waals surface area (Å²) in [6, 6.07) is -0.615. The molecule has 0 aromatic carbocycles. The second-order valence-electron chi connectivity index (χ2n) is 19.5. The molecule has 0 bridgehead atoms. The number of carboxylic acids is 1. The van der Waals surface area contributed by atoms with Crippen molar-refractivity contribution in [3.05, 3.63) is 36.5 Å². The number of unbranched alkanes of at least 4 members (excludes halogenated alkanes) is 29. The van der Waals surface area contributed by atoms with E-state index in [0.29, 0.717) is 19.3 Å². The molecule has 0 aliphatic rings. The van der Waals surface area contributed by atoms with Gasteiger partial charge in [0.05, 0.1) is 34.4 Å². The molecule has 0 aliphatic heterocycles. The van der Waals surface area contributed by atoms with Gasteiger partial charge in [0.25, 0.3) is 0 Å². The van der Waals surface area contributed by atoms with Crippen molar-refractivity contribution in [1.82, 2.24) is 0 Å². The molecule has 0 aromatic rings. The molecule has 8 heteroatoms. The number of hydrogen-bond donors (Lipinski definition) is 1. The van der Waals surface area contributed by atoms with Crippen molar-refractivity contribution in [3.8, 4) is 0 Å². The van der Waals surface area contributed by atoms with Crippen LogP contribution in [0.2, 0.25) is 0 Å². The van der Waals surface area contributed by atoms with Crippen LogP contribution < -0.4 is 0 Å². The lowest BCUT2D eigenvalue weighted by Crippen LogP contribution is -2.50. The molecule has 0 aromatic heterocycles. The first kappa shape index (κ1) is 61.5. The van der Waals surface area contributed by atoms with Gasteiger partial charge in [0.15, 0.2) is 12.1 Å². The normalized spacial score (nSPS) is 13.1. The van der Waals surface area contributed by atoms with Gasteiger partial charge in [-0.3, -0.25) is 9.59 Å². The van der Waals surface area contributed by atoms with E-state index in [-0.39, 0.29) is 36.2 Å². The van der Waals surface area contributed by atoms with Crippen molar-refractivity contribution in [2.75, 3.05) is 41.0 Å². The molecule has 0 radical (unpaired) electrons. The Morgan fingerprint density at radius 3 is 1.30 bits per heavy atom. The summed E-state index contributed by atoms with van der Waals surface area (Å²) in [5.74, 6) is -1.46. The number of hydrogen-bond acceptors (Lipinski definition) is 6. The van der Waals surface area contributed by atoms with Crippen LogP contribution in [0.3, 0.4) is 0 Å². The van der Waals surface area contributed by atoms with Gasteiger partial charge in [-0.05, 0) is 64.2 Å². The number of aliphatic carboxylic acids is 1. The molecule has 64 heavy (non-hydrogen) atoms. The highest BCUT2D eigenvalue weighted by Gasteiger charge is 2.31. The van der Waals surface area contributed by atoms with Crippen LogP contribution in [-0.4, -0.2) is 80.6 Å². The third-order valence-electron chi connectivity index (χ3n) is 12.3. The van der Waals surface area contributed by atoms with Crippen molar-refractivity contribution in [3.63, 3.8) is 0 Å². The molecule has 2 atom stereocenters. The summed E-state index contributed by atoms with van der Waals surface area (Å²) in [7, 11) is 5.54. The molecule has 0 aliphatic carbocycles. The van der Waals surface area contributed by atoms with Crippen molar-refractivity contribution in [1.29, 1.82) is 0 Å². The molecule has 0 amide bonds. The highest BCUT2D eigenvalue weighted by molar-refractivity contribution is 5.72. The van der Waals surface area contributed by atoms with Gasteiger partial charge < -0.3 is 23.8 Å². The molecule has 0 rings (SSSR count). The number of likely N-dealkylation sites (N-methyl/N-ethyl adjacent to an activating group) is 1. The molecule has 1 N–H and O–H groups in total. The fourth-order valence-electron chi connectivity index (χ4n) is 8.13. The molecule has 0 spiro atoms. The van der Waals surface area contributed by atoms with Crippen molar-refractivity contribution in [2.45, 2.75) is 264 Å². The predicted molar refractivity (Wildman–Crippen MR) is 271 cm³/mol. The highest BCUT2D eigenvalue weighted by Crippen LogP contribution is 2.16. The molecule has 0 fully saturated rings. The Hall–Kier alpha value is -2.45. The quantitative estimate of drug-likeness (QED) is 0.0281. The summed E-state index contributed by atoms with van der Waals surface area (Å²) in [4.78, 5) is 37.2. The van der Waals surface area contributed by atoms with Crippen molar-refractivity contribution >= 4 is 17.9 Å². The summed E-state index contributed by atoms with van der Waals surface area (Å²) in [5.41, 5.74) is 0. The Bertz CT molecular complexity index is 1140. The van der Waals surface area contributed by atoms with Gasteiger partial charge in [-0.2, -0.15) is 0 Å². The average Bonchev–Trinajstić information content (AvgIpc) is 3.26. The van der Waals surface area contributed by atoms with Crippen LogP contribution >= 0.6 is 0 Å². The third-order valence-corrected chi connectivity index (χ3v) is 12.3. The predicted octanol–water partition coefficient (Wildman–Crippen LogP) is 15.8. The zero-order valence-electron chi connectivity index (χ0n) is 42.7. The summed E-state index contributed by atoms with van der Waals surface area (Å²) >= 11 is 0. The van der Waals surface area contributed by atoms with E-state index in [4.69, 9.17) is 14.2 Å². The minimum Gasteiger partial charge on any atom is -0.477 e. The maximum Gasteiger partial charge on any atom is 0.362 e. The number of nitrogens with zero attached hydrogens (tertiary/aromatic N) is 1. The lowest BCUT2D eigenvalue weighted by atomic mass is 10.0. The maximum absolute atomic E-state index is 12.8. The maximum atomic E-state index is 12.8. The lowest BCUT2D eigenvalue weighted by molar-refractivity contribution is -0.887. The topological polar surface area (TPSA) is 99.1 Å². The first-order chi connectivity index (χ1) is 31.1. The molecule has 8 nitrogen and oxygen atoms in total. The van der Waals surface area contributed by atoms with Gasteiger partial charge in [0.2, 0.25) is 0 Å². The Morgan fingerprint density at radius 1 is 0.484 bits per heavy atom. The zero-order valence-corrected chi connectivity index (χ0v) is 42.7. The number of quaternary nitrogens is 1. The first-order valence-electron chi connectivity index (χ1n) is 27.0. The third kappa shape index (κ3) is 44.7. The fraction of sp³-hybridized carbons (Fsp3) is 0.839.